The molecule has 5 heteroatoms. The highest BCUT2D eigenvalue weighted by Crippen LogP contribution is 2.11. The van der Waals surface area contributed by atoms with Crippen molar-refractivity contribution in [2.75, 3.05) is 12.3 Å². The Kier molecular flexibility index (Phi) is 3.62. The van der Waals surface area contributed by atoms with E-state index in [-0.39, 0.29) is 11.4 Å². The van der Waals surface area contributed by atoms with Crippen LogP contribution in [-0.4, -0.2) is 16.2 Å². The fraction of sp³-hybridized carbons (Fsp3) is 0.231. The van der Waals surface area contributed by atoms with Gasteiger partial charge in [-0.05, 0) is 11.6 Å². The number of hydrogen-bond acceptors (Lipinski definition) is 4. The maximum atomic E-state index is 11.6. The molecule has 0 radical (unpaired) electrons. The van der Waals surface area contributed by atoms with Gasteiger partial charge < -0.3 is 15.0 Å². The van der Waals surface area contributed by atoms with Crippen molar-refractivity contribution >= 4 is 5.69 Å². The lowest BCUT2D eigenvalue weighted by Gasteiger charge is -2.07. The Balaban J connectivity index is 1.99. The Labute approximate surface area is 105 Å². The summed E-state index contributed by atoms with van der Waals surface area (Å²) in [6.45, 7) is 0.375. The number of nitrogens with two attached hydrogens (primary N) is 1. The second-order valence-electron chi connectivity index (χ2n) is 3.95. The van der Waals surface area contributed by atoms with Crippen molar-refractivity contribution < 1.29 is 4.74 Å². The minimum atomic E-state index is -0.237. The van der Waals surface area contributed by atoms with Crippen LogP contribution in [0.3, 0.4) is 0 Å². The number of benzene rings is 1. The molecule has 2 N–H and O–H groups in total. The molecule has 0 bridgehead atoms. The molecule has 0 aliphatic carbocycles. The van der Waals surface area contributed by atoms with E-state index in [0.717, 1.165) is 11.3 Å². The number of rotatable bonds is 4. The fourth-order valence-corrected chi connectivity index (χ4v) is 1.59. The summed E-state index contributed by atoms with van der Waals surface area (Å²) in [5.41, 5.74) is 7.32. The van der Waals surface area contributed by atoms with Gasteiger partial charge in [-0.1, -0.05) is 18.2 Å². The standard InChI is InChI=1S/C13H15N3O2/c1-16-8-7-15-12(13(16)17)18-9-6-10-4-2-3-5-11(10)14/h2-5,7-8H,6,9,14H2,1H3. The van der Waals surface area contributed by atoms with Crippen molar-refractivity contribution in [3.63, 3.8) is 0 Å². The first-order valence-electron chi connectivity index (χ1n) is 5.66. The van der Waals surface area contributed by atoms with Crippen molar-refractivity contribution in [2.24, 2.45) is 7.05 Å². The largest absolute Gasteiger partial charge is 0.473 e. The van der Waals surface area contributed by atoms with Gasteiger partial charge in [0.15, 0.2) is 0 Å². The van der Waals surface area contributed by atoms with Crippen LogP contribution in [0.4, 0.5) is 5.69 Å². The molecule has 18 heavy (non-hydrogen) atoms. The van der Waals surface area contributed by atoms with Gasteiger partial charge in [-0.2, -0.15) is 0 Å². The summed E-state index contributed by atoms with van der Waals surface area (Å²) in [6.07, 6.45) is 3.77. The quantitative estimate of drug-likeness (QED) is 0.815. The summed E-state index contributed by atoms with van der Waals surface area (Å²) in [6, 6.07) is 7.59. The second kappa shape index (κ2) is 5.35. The minimum absolute atomic E-state index is 0.120. The van der Waals surface area contributed by atoms with Crippen LogP contribution < -0.4 is 16.0 Å². The highest BCUT2D eigenvalue weighted by Gasteiger charge is 2.04. The molecule has 0 aliphatic heterocycles. The SMILES string of the molecule is Cn1ccnc(OCCc2ccccc2N)c1=O. The Bertz CT molecular complexity index is 593. The Morgan fingerprint density at radius 3 is 2.94 bits per heavy atom. The molecule has 0 aliphatic rings. The predicted octanol–water partition coefficient (Wildman–Crippen LogP) is 0.984. The molecule has 1 aromatic heterocycles. The summed E-state index contributed by atoms with van der Waals surface area (Å²) in [4.78, 5) is 15.5. The molecule has 94 valence electrons. The van der Waals surface area contributed by atoms with E-state index in [9.17, 15) is 4.79 Å². The maximum absolute atomic E-state index is 11.6. The van der Waals surface area contributed by atoms with Crippen molar-refractivity contribution in [1.82, 2.24) is 9.55 Å². The third-order valence-corrected chi connectivity index (χ3v) is 2.65. The molecule has 0 spiro atoms. The van der Waals surface area contributed by atoms with Gasteiger partial charge in [0.1, 0.15) is 0 Å². The zero-order valence-electron chi connectivity index (χ0n) is 10.2. The van der Waals surface area contributed by atoms with Crippen molar-refractivity contribution in [2.45, 2.75) is 6.42 Å². The molecular formula is C13H15N3O2. The molecule has 5 nitrogen and oxygen atoms in total. The van der Waals surface area contributed by atoms with Crippen LogP contribution in [0.5, 0.6) is 5.88 Å². The molecule has 1 aromatic carbocycles. The minimum Gasteiger partial charge on any atom is -0.473 e. The average molecular weight is 245 g/mol. The van der Waals surface area contributed by atoms with Gasteiger partial charge >= 0.3 is 5.56 Å². The summed E-state index contributed by atoms with van der Waals surface area (Å²) in [5, 5.41) is 0. The predicted molar refractivity (Wildman–Crippen MR) is 69.5 cm³/mol. The van der Waals surface area contributed by atoms with Crippen molar-refractivity contribution in [3.05, 3.63) is 52.6 Å². The molecule has 0 atom stereocenters. The van der Waals surface area contributed by atoms with Crippen LogP contribution in [0.25, 0.3) is 0 Å². The number of para-hydroxylation sites is 1. The van der Waals surface area contributed by atoms with E-state index in [1.807, 2.05) is 24.3 Å². The number of hydrogen-bond donors (Lipinski definition) is 1. The van der Waals surface area contributed by atoms with Crippen LogP contribution in [0.15, 0.2) is 41.5 Å². The third-order valence-electron chi connectivity index (χ3n) is 2.65. The van der Waals surface area contributed by atoms with E-state index in [1.54, 1.807) is 13.2 Å². The molecule has 1 heterocycles. The Hall–Kier alpha value is -2.30. The number of anilines is 1. The Morgan fingerprint density at radius 2 is 2.17 bits per heavy atom. The number of nitrogen functional groups attached to an aromatic ring is 1. The number of aryl methyl sites for hydroxylation is 1. The van der Waals surface area contributed by atoms with Gasteiger partial charge in [0.25, 0.3) is 5.88 Å². The first-order valence-corrected chi connectivity index (χ1v) is 5.66. The van der Waals surface area contributed by atoms with E-state index in [1.165, 1.54) is 10.8 Å². The molecule has 0 unspecified atom stereocenters. The molecule has 0 saturated heterocycles. The molecule has 2 aromatic rings. The lowest BCUT2D eigenvalue weighted by atomic mass is 10.1. The number of ether oxygens (including phenoxy) is 1. The van der Waals surface area contributed by atoms with Gasteiger partial charge in [0.2, 0.25) is 0 Å². The van der Waals surface area contributed by atoms with Crippen LogP contribution >= 0.6 is 0 Å². The second-order valence-corrected chi connectivity index (χ2v) is 3.95. The van der Waals surface area contributed by atoms with Crippen molar-refractivity contribution in [3.8, 4) is 5.88 Å². The Morgan fingerprint density at radius 1 is 1.39 bits per heavy atom. The summed E-state index contributed by atoms with van der Waals surface area (Å²) in [5.74, 6) is 0.120. The summed E-state index contributed by atoms with van der Waals surface area (Å²) < 4.78 is 6.81. The molecule has 0 saturated carbocycles. The lowest BCUT2D eigenvalue weighted by molar-refractivity contribution is 0.302. The van der Waals surface area contributed by atoms with Gasteiger partial charge in [-0.15, -0.1) is 0 Å². The first-order chi connectivity index (χ1) is 8.68. The van der Waals surface area contributed by atoms with Gasteiger partial charge in [0, 0.05) is 31.5 Å². The van der Waals surface area contributed by atoms with Crippen LogP contribution in [-0.2, 0) is 13.5 Å². The molecular weight excluding hydrogens is 230 g/mol. The highest BCUT2D eigenvalue weighted by molar-refractivity contribution is 5.46. The van der Waals surface area contributed by atoms with Gasteiger partial charge in [0.05, 0.1) is 6.61 Å². The average Bonchev–Trinajstić information content (AvgIpc) is 2.37. The van der Waals surface area contributed by atoms with Crippen LogP contribution in [0, 0.1) is 0 Å². The fourth-order valence-electron chi connectivity index (χ4n) is 1.59. The van der Waals surface area contributed by atoms with Crippen LogP contribution in [0.2, 0.25) is 0 Å². The summed E-state index contributed by atoms with van der Waals surface area (Å²) in [7, 11) is 1.66. The smallest absolute Gasteiger partial charge is 0.313 e. The number of aromatic nitrogens is 2. The molecule has 2 rings (SSSR count). The normalized spacial score (nSPS) is 10.3. The zero-order chi connectivity index (χ0) is 13.0. The number of nitrogens with zero attached hydrogens (tertiary/aromatic N) is 2. The van der Waals surface area contributed by atoms with Gasteiger partial charge in [-0.3, -0.25) is 4.79 Å². The monoisotopic (exact) mass is 245 g/mol. The van der Waals surface area contributed by atoms with E-state index < -0.39 is 0 Å². The molecule has 0 fully saturated rings. The lowest BCUT2D eigenvalue weighted by Crippen LogP contribution is -2.20. The maximum Gasteiger partial charge on any atom is 0.313 e. The molecule has 0 amide bonds. The third kappa shape index (κ3) is 2.68. The zero-order valence-corrected chi connectivity index (χ0v) is 10.2. The van der Waals surface area contributed by atoms with E-state index in [0.29, 0.717) is 13.0 Å². The van der Waals surface area contributed by atoms with E-state index in [2.05, 4.69) is 4.98 Å². The van der Waals surface area contributed by atoms with E-state index >= 15 is 0 Å². The van der Waals surface area contributed by atoms with E-state index in [4.69, 9.17) is 10.5 Å². The van der Waals surface area contributed by atoms with Crippen LogP contribution in [0.1, 0.15) is 5.56 Å². The van der Waals surface area contributed by atoms with Gasteiger partial charge in [-0.25, -0.2) is 4.98 Å². The topological polar surface area (TPSA) is 70.1 Å². The highest BCUT2D eigenvalue weighted by atomic mass is 16.5. The first kappa shape index (κ1) is 12.2. The van der Waals surface area contributed by atoms with Crippen molar-refractivity contribution in [1.29, 1.82) is 0 Å². The summed E-state index contributed by atoms with van der Waals surface area (Å²) >= 11 is 0.